The van der Waals surface area contributed by atoms with E-state index < -0.39 is 11.9 Å². The first-order valence-corrected chi connectivity index (χ1v) is 3.68. The minimum absolute atomic E-state index is 0.365. The maximum Gasteiger partial charge on any atom is 0.239 e. The average Bonchev–Trinajstić information content (AvgIpc) is 2.03. The Bertz CT molecular complexity index is 179. The van der Waals surface area contributed by atoms with Crippen LogP contribution in [0, 0.1) is 0 Å². The molecule has 0 aliphatic heterocycles. The molecule has 6 N–H and O–H groups in total. The van der Waals surface area contributed by atoms with Crippen LogP contribution in [0.5, 0.6) is 0 Å². The first-order valence-electron chi connectivity index (χ1n) is 3.68. The zero-order chi connectivity index (χ0) is 9.56. The van der Waals surface area contributed by atoms with Gasteiger partial charge in [0.25, 0.3) is 0 Å². The number of nitrogens with one attached hydrogen (secondary N) is 2. The van der Waals surface area contributed by atoms with Crippen LogP contribution >= 0.6 is 0 Å². The van der Waals surface area contributed by atoms with E-state index in [1.807, 2.05) is 6.92 Å². The van der Waals surface area contributed by atoms with Crippen molar-refractivity contribution < 1.29 is 4.79 Å². The number of nitrogens with zero attached hydrogens (tertiary/aromatic N) is 1. The minimum Gasteiger partial charge on any atom is -0.368 e. The van der Waals surface area contributed by atoms with Crippen molar-refractivity contribution in [1.82, 2.24) is 10.7 Å². The number of hydrogen-bond acceptors (Lipinski definition) is 3. The SMILES string of the molecule is CCN=C(NN)NC(C)C(N)=O. The lowest BCUT2D eigenvalue weighted by Gasteiger charge is -2.12. The highest BCUT2D eigenvalue weighted by molar-refractivity contribution is 5.87. The van der Waals surface area contributed by atoms with Crippen molar-refractivity contribution in [2.24, 2.45) is 16.6 Å². The molecule has 1 amide bonds. The summed E-state index contributed by atoms with van der Waals surface area (Å²) in [5, 5.41) is 2.71. The molecule has 0 rings (SSSR count). The van der Waals surface area contributed by atoms with Gasteiger partial charge >= 0.3 is 0 Å². The Morgan fingerprint density at radius 1 is 1.67 bits per heavy atom. The summed E-state index contributed by atoms with van der Waals surface area (Å²) in [7, 11) is 0. The molecule has 6 nitrogen and oxygen atoms in total. The van der Waals surface area contributed by atoms with Gasteiger partial charge in [-0.1, -0.05) is 0 Å². The number of nitrogens with two attached hydrogens (primary N) is 2. The van der Waals surface area contributed by atoms with E-state index in [-0.39, 0.29) is 0 Å². The van der Waals surface area contributed by atoms with E-state index in [1.54, 1.807) is 6.92 Å². The van der Waals surface area contributed by atoms with E-state index in [2.05, 4.69) is 15.7 Å². The molecule has 0 fully saturated rings. The molecule has 70 valence electrons. The van der Waals surface area contributed by atoms with Crippen LogP contribution in [-0.2, 0) is 4.79 Å². The summed E-state index contributed by atoms with van der Waals surface area (Å²) in [6.45, 7) is 4.07. The van der Waals surface area contributed by atoms with Gasteiger partial charge in [-0.15, -0.1) is 0 Å². The van der Waals surface area contributed by atoms with Gasteiger partial charge in [-0.25, -0.2) is 5.84 Å². The predicted octanol–water partition coefficient (Wildman–Crippen LogP) is -1.71. The molecule has 0 saturated heterocycles. The number of guanidine groups is 1. The molecule has 0 aliphatic carbocycles. The quantitative estimate of drug-likeness (QED) is 0.176. The molecular weight excluding hydrogens is 158 g/mol. The van der Waals surface area contributed by atoms with E-state index in [4.69, 9.17) is 11.6 Å². The topological polar surface area (TPSA) is 106 Å². The molecule has 0 saturated carbocycles. The third-order valence-electron chi connectivity index (χ3n) is 1.23. The van der Waals surface area contributed by atoms with Crippen molar-refractivity contribution in [2.45, 2.75) is 19.9 Å². The summed E-state index contributed by atoms with van der Waals surface area (Å²) in [6.07, 6.45) is 0. The van der Waals surface area contributed by atoms with Gasteiger partial charge in [-0.3, -0.25) is 15.2 Å². The minimum atomic E-state index is -0.480. The molecular formula is C6H15N5O. The molecule has 1 atom stereocenters. The highest BCUT2D eigenvalue weighted by atomic mass is 16.1. The van der Waals surface area contributed by atoms with Crippen molar-refractivity contribution in [3.63, 3.8) is 0 Å². The van der Waals surface area contributed by atoms with Crippen LogP contribution in [0.15, 0.2) is 4.99 Å². The second-order valence-corrected chi connectivity index (χ2v) is 2.24. The summed E-state index contributed by atoms with van der Waals surface area (Å²) in [6, 6.07) is -0.480. The lowest BCUT2D eigenvalue weighted by molar-refractivity contribution is -0.119. The number of amides is 1. The Morgan fingerprint density at radius 3 is 2.58 bits per heavy atom. The Hall–Kier alpha value is -1.30. The molecule has 0 radical (unpaired) electrons. The van der Waals surface area contributed by atoms with Crippen molar-refractivity contribution in [2.75, 3.05) is 6.54 Å². The predicted molar refractivity (Wildman–Crippen MR) is 47.1 cm³/mol. The second-order valence-electron chi connectivity index (χ2n) is 2.24. The van der Waals surface area contributed by atoms with Crippen LogP contribution < -0.4 is 22.3 Å². The van der Waals surface area contributed by atoms with E-state index >= 15 is 0 Å². The zero-order valence-electron chi connectivity index (χ0n) is 7.29. The number of rotatable bonds is 3. The van der Waals surface area contributed by atoms with Crippen LogP contribution in [0.1, 0.15) is 13.8 Å². The summed E-state index contributed by atoms with van der Waals surface area (Å²) in [5.74, 6) is 5.03. The first kappa shape index (κ1) is 10.7. The number of hydrazine groups is 1. The Labute approximate surface area is 71.4 Å². The maximum atomic E-state index is 10.6. The highest BCUT2D eigenvalue weighted by Crippen LogP contribution is 1.78. The van der Waals surface area contributed by atoms with Gasteiger partial charge in [0.2, 0.25) is 11.9 Å². The van der Waals surface area contributed by atoms with Crippen LogP contribution in [0.3, 0.4) is 0 Å². The van der Waals surface area contributed by atoms with Crippen molar-refractivity contribution >= 4 is 11.9 Å². The van der Waals surface area contributed by atoms with Gasteiger partial charge in [0, 0.05) is 6.54 Å². The van der Waals surface area contributed by atoms with Crippen molar-refractivity contribution in [3.8, 4) is 0 Å². The molecule has 0 spiro atoms. The number of aliphatic imine (C=N–C) groups is 1. The standard InChI is InChI=1S/C6H15N5O/c1-3-9-6(11-8)10-4(2)5(7)12/h4H,3,8H2,1-2H3,(H2,7,12)(H2,9,10,11). The molecule has 0 aliphatic rings. The number of carbonyl (C=O) groups excluding carboxylic acids is 1. The van der Waals surface area contributed by atoms with E-state index in [9.17, 15) is 4.79 Å². The Morgan fingerprint density at radius 2 is 2.25 bits per heavy atom. The van der Waals surface area contributed by atoms with Crippen LogP contribution in [-0.4, -0.2) is 24.5 Å². The molecule has 1 unspecified atom stereocenters. The fraction of sp³-hybridized carbons (Fsp3) is 0.667. The Kier molecular flexibility index (Phi) is 4.78. The van der Waals surface area contributed by atoms with Gasteiger partial charge in [0.05, 0.1) is 0 Å². The van der Waals surface area contributed by atoms with Crippen molar-refractivity contribution in [1.29, 1.82) is 0 Å². The highest BCUT2D eigenvalue weighted by Gasteiger charge is 2.08. The summed E-state index contributed by atoms with van der Waals surface area (Å²) >= 11 is 0. The lowest BCUT2D eigenvalue weighted by Crippen LogP contribution is -2.49. The smallest absolute Gasteiger partial charge is 0.239 e. The first-order chi connectivity index (χ1) is 5.61. The second kappa shape index (κ2) is 5.36. The molecule has 0 aromatic carbocycles. The summed E-state index contributed by atoms with van der Waals surface area (Å²) in [5.41, 5.74) is 7.33. The fourth-order valence-corrected chi connectivity index (χ4v) is 0.567. The summed E-state index contributed by atoms with van der Waals surface area (Å²) in [4.78, 5) is 14.5. The molecule has 12 heavy (non-hydrogen) atoms. The van der Waals surface area contributed by atoms with Crippen LogP contribution in [0.25, 0.3) is 0 Å². The number of primary amides is 1. The Balaban J connectivity index is 4.02. The molecule has 0 aromatic rings. The van der Waals surface area contributed by atoms with Gasteiger partial charge < -0.3 is 11.1 Å². The number of hydrogen-bond donors (Lipinski definition) is 4. The normalized spacial score (nSPS) is 13.8. The monoisotopic (exact) mass is 173 g/mol. The van der Waals surface area contributed by atoms with Crippen molar-refractivity contribution in [3.05, 3.63) is 0 Å². The number of carbonyl (C=O) groups is 1. The van der Waals surface area contributed by atoms with E-state index in [0.717, 1.165) is 0 Å². The third-order valence-corrected chi connectivity index (χ3v) is 1.23. The molecule has 0 aromatic heterocycles. The molecule has 0 heterocycles. The zero-order valence-corrected chi connectivity index (χ0v) is 7.29. The summed E-state index contributed by atoms with van der Waals surface area (Å²) < 4.78 is 0. The fourth-order valence-electron chi connectivity index (χ4n) is 0.567. The van der Waals surface area contributed by atoms with Gasteiger partial charge in [0.1, 0.15) is 6.04 Å². The largest absolute Gasteiger partial charge is 0.368 e. The molecule has 6 heteroatoms. The van der Waals surface area contributed by atoms with Crippen LogP contribution in [0.4, 0.5) is 0 Å². The molecule has 0 bridgehead atoms. The third kappa shape index (κ3) is 3.77. The van der Waals surface area contributed by atoms with Gasteiger partial charge in [-0.2, -0.15) is 0 Å². The maximum absolute atomic E-state index is 10.6. The van der Waals surface area contributed by atoms with Crippen LogP contribution in [0.2, 0.25) is 0 Å². The lowest BCUT2D eigenvalue weighted by atomic mass is 10.3. The average molecular weight is 173 g/mol. The van der Waals surface area contributed by atoms with E-state index in [1.165, 1.54) is 0 Å². The van der Waals surface area contributed by atoms with E-state index in [0.29, 0.717) is 12.5 Å². The van der Waals surface area contributed by atoms with Gasteiger partial charge in [0.15, 0.2) is 0 Å². The van der Waals surface area contributed by atoms with Gasteiger partial charge in [-0.05, 0) is 13.8 Å².